The van der Waals surface area contributed by atoms with Crippen LogP contribution >= 0.6 is 0 Å². The van der Waals surface area contributed by atoms with E-state index in [0.717, 1.165) is 24.9 Å². The van der Waals surface area contributed by atoms with Gasteiger partial charge in [0, 0.05) is 31.7 Å². The van der Waals surface area contributed by atoms with E-state index in [1.807, 2.05) is 12.1 Å². The predicted molar refractivity (Wildman–Crippen MR) is 71.3 cm³/mol. The smallest absolute Gasteiger partial charge is 0.122 e. The van der Waals surface area contributed by atoms with Crippen molar-refractivity contribution < 1.29 is 4.42 Å². The summed E-state index contributed by atoms with van der Waals surface area (Å²) in [6.07, 6.45) is 5.69. The lowest BCUT2D eigenvalue weighted by Gasteiger charge is -2.31. The Morgan fingerprint density at radius 1 is 1.39 bits per heavy atom. The Hall–Kier alpha value is -0.840. The Kier molecular flexibility index (Phi) is 3.41. The molecule has 0 amide bonds. The first-order valence-electron chi connectivity index (χ1n) is 6.99. The first kappa shape index (κ1) is 12.2. The number of fused-ring (bicyclic) bond motifs is 2. The maximum Gasteiger partial charge on any atom is 0.122 e. The lowest BCUT2D eigenvalue weighted by atomic mass is 10.1. The second-order valence-electron chi connectivity index (χ2n) is 5.60. The topological polar surface area (TPSA) is 45.6 Å². The van der Waals surface area contributed by atoms with Crippen LogP contribution in [0.15, 0.2) is 22.8 Å². The van der Waals surface area contributed by atoms with Crippen LogP contribution in [-0.4, -0.2) is 48.6 Å². The Balaban J connectivity index is 1.76. The first-order valence-corrected chi connectivity index (χ1v) is 6.99. The molecule has 3 rings (SSSR count). The predicted octanol–water partition coefficient (Wildman–Crippen LogP) is 1.45. The maximum absolute atomic E-state index is 5.96. The maximum atomic E-state index is 5.96. The second kappa shape index (κ2) is 5.03. The normalized spacial score (nSPS) is 31.4. The van der Waals surface area contributed by atoms with Gasteiger partial charge in [0.25, 0.3) is 0 Å². The van der Waals surface area contributed by atoms with Crippen LogP contribution in [-0.2, 0) is 0 Å². The first-order chi connectivity index (χ1) is 8.79. The van der Waals surface area contributed by atoms with Crippen molar-refractivity contribution in [3.63, 3.8) is 0 Å². The van der Waals surface area contributed by atoms with E-state index in [2.05, 4.69) is 16.8 Å². The van der Waals surface area contributed by atoms with Gasteiger partial charge in [-0.15, -0.1) is 0 Å². The molecule has 0 aromatic carbocycles. The number of hydrogen-bond acceptors (Lipinski definition) is 4. The number of hydrogen-bond donors (Lipinski definition) is 1. The molecule has 2 N–H and O–H groups in total. The summed E-state index contributed by atoms with van der Waals surface area (Å²) >= 11 is 0. The molecule has 3 atom stereocenters. The fourth-order valence-corrected chi connectivity index (χ4v) is 3.54. The van der Waals surface area contributed by atoms with Gasteiger partial charge in [-0.2, -0.15) is 0 Å². The van der Waals surface area contributed by atoms with Crippen LogP contribution in [0.2, 0.25) is 0 Å². The van der Waals surface area contributed by atoms with Crippen LogP contribution < -0.4 is 5.73 Å². The quantitative estimate of drug-likeness (QED) is 0.880. The summed E-state index contributed by atoms with van der Waals surface area (Å²) in [4.78, 5) is 5.08. The van der Waals surface area contributed by atoms with Gasteiger partial charge < -0.3 is 10.2 Å². The molecule has 4 nitrogen and oxygen atoms in total. The number of rotatable bonds is 3. The van der Waals surface area contributed by atoms with E-state index in [4.69, 9.17) is 10.2 Å². The van der Waals surface area contributed by atoms with Gasteiger partial charge in [-0.3, -0.25) is 9.80 Å². The molecule has 4 heteroatoms. The van der Waals surface area contributed by atoms with Crippen molar-refractivity contribution in [3.8, 4) is 0 Å². The summed E-state index contributed by atoms with van der Waals surface area (Å²) in [5, 5.41) is 0. The summed E-state index contributed by atoms with van der Waals surface area (Å²) in [5.74, 6) is 1.01. The van der Waals surface area contributed by atoms with E-state index < -0.39 is 0 Å². The number of likely N-dealkylation sites (N-methyl/N-ethyl adjacent to an activating group) is 1. The van der Waals surface area contributed by atoms with Crippen molar-refractivity contribution in [2.24, 2.45) is 5.73 Å². The Labute approximate surface area is 109 Å². The molecule has 0 spiro atoms. The summed E-state index contributed by atoms with van der Waals surface area (Å²) in [6.45, 7) is 2.89. The van der Waals surface area contributed by atoms with Gasteiger partial charge >= 0.3 is 0 Å². The molecule has 0 aliphatic carbocycles. The van der Waals surface area contributed by atoms with Crippen LogP contribution in [0.1, 0.15) is 31.1 Å². The average molecular weight is 249 g/mol. The minimum atomic E-state index is 0.243. The monoisotopic (exact) mass is 249 g/mol. The van der Waals surface area contributed by atoms with Gasteiger partial charge in [0.2, 0.25) is 0 Å². The third kappa shape index (κ3) is 2.09. The van der Waals surface area contributed by atoms with E-state index in [1.54, 1.807) is 6.26 Å². The van der Waals surface area contributed by atoms with Gasteiger partial charge in [-0.1, -0.05) is 0 Å². The fourth-order valence-electron chi connectivity index (χ4n) is 3.54. The van der Waals surface area contributed by atoms with Gasteiger partial charge in [0.15, 0.2) is 0 Å². The van der Waals surface area contributed by atoms with E-state index in [-0.39, 0.29) is 6.04 Å². The Morgan fingerprint density at radius 2 is 2.22 bits per heavy atom. The molecule has 1 aromatic rings. The third-order valence-corrected chi connectivity index (χ3v) is 4.72. The highest BCUT2D eigenvalue weighted by atomic mass is 16.3. The van der Waals surface area contributed by atoms with Gasteiger partial charge in [-0.05, 0) is 38.4 Å². The molecule has 18 heavy (non-hydrogen) atoms. The number of nitrogens with zero attached hydrogens (tertiary/aromatic N) is 2. The van der Waals surface area contributed by atoms with Crippen LogP contribution in [0.25, 0.3) is 0 Å². The van der Waals surface area contributed by atoms with Crippen molar-refractivity contribution in [1.82, 2.24) is 9.80 Å². The van der Waals surface area contributed by atoms with Crippen molar-refractivity contribution in [2.75, 3.05) is 26.7 Å². The molecule has 2 bridgehead atoms. The molecule has 1 aromatic heterocycles. The van der Waals surface area contributed by atoms with E-state index in [1.165, 1.54) is 19.3 Å². The van der Waals surface area contributed by atoms with E-state index in [9.17, 15) is 0 Å². The fraction of sp³-hybridized carbons (Fsp3) is 0.714. The molecule has 3 heterocycles. The van der Waals surface area contributed by atoms with Crippen molar-refractivity contribution >= 4 is 0 Å². The summed E-state index contributed by atoms with van der Waals surface area (Å²) < 4.78 is 5.55. The Morgan fingerprint density at radius 3 is 2.94 bits per heavy atom. The summed E-state index contributed by atoms with van der Waals surface area (Å²) in [6, 6.07) is 5.71. The third-order valence-electron chi connectivity index (χ3n) is 4.72. The molecule has 100 valence electrons. The lowest BCUT2D eigenvalue weighted by molar-refractivity contribution is 0.158. The Bertz CT molecular complexity index is 378. The van der Waals surface area contributed by atoms with Crippen molar-refractivity contribution in [1.29, 1.82) is 0 Å². The van der Waals surface area contributed by atoms with Crippen LogP contribution in [0.4, 0.5) is 0 Å². The zero-order valence-corrected chi connectivity index (χ0v) is 11.1. The lowest BCUT2D eigenvalue weighted by Crippen LogP contribution is -2.40. The molecule has 3 unspecified atom stereocenters. The molecule has 2 fully saturated rings. The van der Waals surface area contributed by atoms with Crippen molar-refractivity contribution in [3.05, 3.63) is 24.2 Å². The van der Waals surface area contributed by atoms with Crippen molar-refractivity contribution in [2.45, 2.75) is 37.4 Å². The van der Waals surface area contributed by atoms with Crippen LogP contribution in [0, 0.1) is 0 Å². The van der Waals surface area contributed by atoms with Gasteiger partial charge in [-0.25, -0.2) is 0 Å². The molecule has 0 saturated carbocycles. The zero-order valence-electron chi connectivity index (χ0n) is 11.1. The highest BCUT2D eigenvalue weighted by Crippen LogP contribution is 2.32. The standard InChI is InChI=1S/C14H23N3O/c1-16-11-4-5-12(16)10-17(7-6-11)13(9-15)14-3-2-8-18-14/h2-3,8,11-13H,4-7,9-10,15H2,1H3. The highest BCUT2D eigenvalue weighted by molar-refractivity contribution is 5.06. The number of nitrogens with two attached hydrogens (primary N) is 1. The van der Waals surface area contributed by atoms with Gasteiger partial charge in [0.1, 0.15) is 5.76 Å². The molecular weight excluding hydrogens is 226 g/mol. The summed E-state index contributed by atoms with van der Waals surface area (Å²) in [7, 11) is 2.27. The molecule has 0 radical (unpaired) electrons. The zero-order chi connectivity index (χ0) is 12.5. The molecule has 2 aliphatic heterocycles. The van der Waals surface area contributed by atoms with E-state index >= 15 is 0 Å². The molecule has 2 aliphatic rings. The molecule has 2 saturated heterocycles. The second-order valence-corrected chi connectivity index (χ2v) is 5.60. The number of likely N-dealkylation sites (tertiary alicyclic amines) is 1. The highest BCUT2D eigenvalue weighted by Gasteiger charge is 2.36. The SMILES string of the molecule is CN1C2CCC1CN(C(CN)c1ccco1)CC2. The van der Waals surface area contributed by atoms with E-state index in [0.29, 0.717) is 12.6 Å². The number of furan rings is 1. The minimum absolute atomic E-state index is 0.243. The molecular formula is C14H23N3O. The van der Waals surface area contributed by atoms with Crippen LogP contribution in [0.3, 0.4) is 0 Å². The average Bonchev–Trinajstić information content (AvgIpc) is 2.93. The largest absolute Gasteiger partial charge is 0.468 e. The van der Waals surface area contributed by atoms with Crippen LogP contribution in [0.5, 0.6) is 0 Å². The van der Waals surface area contributed by atoms with Gasteiger partial charge in [0.05, 0.1) is 12.3 Å². The minimum Gasteiger partial charge on any atom is -0.468 e. The summed E-state index contributed by atoms with van der Waals surface area (Å²) in [5.41, 5.74) is 5.96.